The molecule has 35 heavy (non-hydrogen) atoms. The molecule has 0 atom stereocenters. The second-order valence-corrected chi connectivity index (χ2v) is 10.6. The lowest BCUT2D eigenvalue weighted by Gasteiger charge is -2.37. The van der Waals surface area contributed by atoms with Crippen molar-refractivity contribution in [1.29, 1.82) is 0 Å². The summed E-state index contributed by atoms with van der Waals surface area (Å²) in [7, 11) is 0. The van der Waals surface area contributed by atoms with Gasteiger partial charge in [0.15, 0.2) is 0 Å². The van der Waals surface area contributed by atoms with Crippen LogP contribution < -0.4 is 10.2 Å². The third kappa shape index (κ3) is 5.79. The lowest BCUT2D eigenvalue weighted by molar-refractivity contribution is -0.133. The molecule has 1 amide bonds. The fraction of sp³-hybridized carbons (Fsp3) is 0.500. The SMILES string of the molecule is CC(C)N1CCN(C(=O)CCNC2CCN(c3cccc(C4=Cc5ccccc5C4)c3)CC2)CC1. The Balaban J connectivity index is 1.06. The predicted molar refractivity (Wildman–Crippen MR) is 146 cm³/mol. The Kier molecular flexibility index (Phi) is 7.54. The summed E-state index contributed by atoms with van der Waals surface area (Å²) in [5, 5.41) is 3.66. The fourth-order valence-corrected chi connectivity index (χ4v) is 5.74. The molecule has 1 N–H and O–H groups in total. The Morgan fingerprint density at radius 1 is 0.971 bits per heavy atom. The molecule has 5 rings (SSSR count). The maximum atomic E-state index is 12.6. The highest BCUT2D eigenvalue weighted by Gasteiger charge is 2.23. The van der Waals surface area contributed by atoms with Gasteiger partial charge in [-0.15, -0.1) is 0 Å². The van der Waals surface area contributed by atoms with E-state index in [-0.39, 0.29) is 0 Å². The lowest BCUT2D eigenvalue weighted by atomic mass is 10.0. The van der Waals surface area contributed by atoms with Gasteiger partial charge in [-0.1, -0.05) is 42.5 Å². The van der Waals surface area contributed by atoms with Crippen molar-refractivity contribution >= 4 is 23.2 Å². The molecular weight excluding hydrogens is 432 g/mol. The highest BCUT2D eigenvalue weighted by Crippen LogP contribution is 2.33. The van der Waals surface area contributed by atoms with Gasteiger partial charge in [-0.05, 0) is 67.5 Å². The lowest BCUT2D eigenvalue weighted by Crippen LogP contribution is -2.51. The number of benzene rings is 2. The van der Waals surface area contributed by atoms with Gasteiger partial charge in [0.25, 0.3) is 0 Å². The first-order valence-corrected chi connectivity index (χ1v) is 13.5. The van der Waals surface area contributed by atoms with Crippen LogP contribution >= 0.6 is 0 Å². The summed E-state index contributed by atoms with van der Waals surface area (Å²) in [6.07, 6.45) is 6.23. The van der Waals surface area contributed by atoms with Crippen molar-refractivity contribution in [3.05, 3.63) is 65.2 Å². The summed E-state index contributed by atoms with van der Waals surface area (Å²) < 4.78 is 0. The highest BCUT2D eigenvalue weighted by molar-refractivity contribution is 5.89. The molecule has 0 saturated carbocycles. The van der Waals surface area contributed by atoms with E-state index in [1.165, 1.54) is 28.0 Å². The molecule has 5 nitrogen and oxygen atoms in total. The molecule has 1 aliphatic carbocycles. The average molecular weight is 473 g/mol. The predicted octanol–water partition coefficient (Wildman–Crippen LogP) is 4.28. The average Bonchev–Trinajstić information content (AvgIpc) is 3.34. The number of nitrogens with one attached hydrogen (secondary N) is 1. The van der Waals surface area contributed by atoms with E-state index in [2.05, 4.69) is 88.5 Å². The van der Waals surface area contributed by atoms with Gasteiger partial charge in [0.05, 0.1) is 0 Å². The molecule has 2 fully saturated rings. The van der Waals surface area contributed by atoms with E-state index < -0.39 is 0 Å². The number of carbonyl (C=O) groups excluding carboxylic acids is 1. The monoisotopic (exact) mass is 472 g/mol. The van der Waals surface area contributed by atoms with Crippen molar-refractivity contribution < 1.29 is 4.79 Å². The molecule has 2 aliphatic heterocycles. The van der Waals surface area contributed by atoms with Crippen molar-refractivity contribution in [2.24, 2.45) is 0 Å². The molecule has 0 unspecified atom stereocenters. The number of anilines is 1. The molecular formula is C30H40N4O. The second kappa shape index (κ2) is 11.0. The Hall–Kier alpha value is -2.63. The molecule has 2 saturated heterocycles. The zero-order valence-corrected chi connectivity index (χ0v) is 21.4. The number of carbonyl (C=O) groups is 1. The Morgan fingerprint density at radius 3 is 2.49 bits per heavy atom. The third-order valence-electron chi connectivity index (χ3n) is 8.01. The van der Waals surface area contributed by atoms with E-state index >= 15 is 0 Å². The van der Waals surface area contributed by atoms with Gasteiger partial charge in [0.1, 0.15) is 0 Å². The first-order chi connectivity index (χ1) is 17.1. The molecule has 0 bridgehead atoms. The van der Waals surface area contributed by atoms with Crippen LogP contribution in [-0.2, 0) is 11.2 Å². The van der Waals surface area contributed by atoms with Crippen LogP contribution in [0.1, 0.15) is 49.8 Å². The summed E-state index contributed by atoms with van der Waals surface area (Å²) in [4.78, 5) is 19.6. The summed E-state index contributed by atoms with van der Waals surface area (Å²) in [6, 6.07) is 18.8. The third-order valence-corrected chi connectivity index (χ3v) is 8.01. The number of nitrogens with zero attached hydrogens (tertiary/aromatic N) is 3. The largest absolute Gasteiger partial charge is 0.371 e. The zero-order valence-electron chi connectivity index (χ0n) is 21.4. The quantitative estimate of drug-likeness (QED) is 0.653. The Morgan fingerprint density at radius 2 is 1.74 bits per heavy atom. The number of rotatable bonds is 7. The topological polar surface area (TPSA) is 38.8 Å². The van der Waals surface area contributed by atoms with E-state index in [0.29, 0.717) is 24.4 Å². The van der Waals surface area contributed by atoms with E-state index in [0.717, 1.165) is 65.1 Å². The van der Waals surface area contributed by atoms with Crippen LogP contribution in [0.3, 0.4) is 0 Å². The number of amides is 1. The number of fused-ring (bicyclic) bond motifs is 1. The van der Waals surface area contributed by atoms with Gasteiger partial charge < -0.3 is 15.1 Å². The minimum absolute atomic E-state index is 0.304. The molecule has 3 aliphatic rings. The van der Waals surface area contributed by atoms with Crippen LogP contribution in [0.2, 0.25) is 0 Å². The molecule has 2 aromatic rings. The van der Waals surface area contributed by atoms with Crippen LogP contribution in [0.5, 0.6) is 0 Å². The number of allylic oxidation sites excluding steroid dienone is 1. The van der Waals surface area contributed by atoms with Crippen molar-refractivity contribution in [1.82, 2.24) is 15.1 Å². The number of piperazine rings is 1. The summed E-state index contributed by atoms with van der Waals surface area (Å²) >= 11 is 0. The fourth-order valence-electron chi connectivity index (χ4n) is 5.74. The van der Waals surface area contributed by atoms with Gasteiger partial charge in [-0.25, -0.2) is 0 Å². The molecule has 2 heterocycles. The summed E-state index contributed by atoms with van der Waals surface area (Å²) in [5.74, 6) is 0.304. The van der Waals surface area contributed by atoms with Crippen LogP contribution in [0.25, 0.3) is 11.6 Å². The molecule has 2 aromatic carbocycles. The highest BCUT2D eigenvalue weighted by atomic mass is 16.2. The molecule has 0 spiro atoms. The first kappa shape index (κ1) is 24.1. The maximum absolute atomic E-state index is 12.6. The van der Waals surface area contributed by atoms with Gasteiger partial charge in [0, 0.05) is 70.0 Å². The van der Waals surface area contributed by atoms with Gasteiger partial charge in [-0.2, -0.15) is 0 Å². The van der Waals surface area contributed by atoms with Crippen molar-refractivity contribution in [3.8, 4) is 0 Å². The van der Waals surface area contributed by atoms with Crippen LogP contribution in [0, 0.1) is 0 Å². The number of hydrogen-bond donors (Lipinski definition) is 1. The molecule has 186 valence electrons. The van der Waals surface area contributed by atoms with Crippen molar-refractivity contribution in [2.45, 2.75) is 51.6 Å². The zero-order chi connectivity index (χ0) is 24.2. The Bertz CT molecular complexity index is 1050. The van der Waals surface area contributed by atoms with Crippen LogP contribution in [0.15, 0.2) is 48.5 Å². The Labute approximate surface area is 210 Å². The van der Waals surface area contributed by atoms with E-state index in [9.17, 15) is 4.79 Å². The standard InChI is InChI=1S/C30H40N4O/c1-23(2)32-16-18-34(19-17-32)30(35)10-13-31-28-11-14-33(15-12-28)29-9-5-8-26(22-29)27-20-24-6-3-4-7-25(24)21-27/h3-9,20,22-23,28,31H,10-19,21H2,1-2H3. The minimum Gasteiger partial charge on any atom is -0.371 e. The summed E-state index contributed by atoms with van der Waals surface area (Å²) in [6.45, 7) is 11.1. The normalized spacial score (nSPS) is 19.2. The first-order valence-electron chi connectivity index (χ1n) is 13.5. The van der Waals surface area contributed by atoms with Crippen LogP contribution in [-0.4, -0.2) is 73.6 Å². The number of piperidine rings is 1. The molecule has 0 radical (unpaired) electrons. The van der Waals surface area contributed by atoms with Crippen molar-refractivity contribution in [3.63, 3.8) is 0 Å². The summed E-state index contributed by atoms with van der Waals surface area (Å²) in [5.41, 5.74) is 6.87. The molecule has 0 aromatic heterocycles. The molecule has 5 heteroatoms. The van der Waals surface area contributed by atoms with E-state index in [1.54, 1.807) is 0 Å². The van der Waals surface area contributed by atoms with Crippen LogP contribution in [0.4, 0.5) is 5.69 Å². The van der Waals surface area contributed by atoms with E-state index in [4.69, 9.17) is 0 Å². The van der Waals surface area contributed by atoms with Gasteiger partial charge in [-0.3, -0.25) is 9.69 Å². The van der Waals surface area contributed by atoms with Gasteiger partial charge in [0.2, 0.25) is 5.91 Å². The van der Waals surface area contributed by atoms with E-state index in [1.807, 2.05) is 0 Å². The second-order valence-electron chi connectivity index (χ2n) is 10.6. The minimum atomic E-state index is 0.304. The van der Waals surface area contributed by atoms with Crippen molar-refractivity contribution in [2.75, 3.05) is 50.7 Å². The number of hydrogen-bond acceptors (Lipinski definition) is 4. The maximum Gasteiger partial charge on any atom is 0.223 e. The smallest absolute Gasteiger partial charge is 0.223 e. The van der Waals surface area contributed by atoms with Gasteiger partial charge >= 0.3 is 0 Å².